The second-order valence-electron chi connectivity index (χ2n) is 8.10. The van der Waals surface area contributed by atoms with E-state index in [0.717, 1.165) is 0 Å². The minimum absolute atomic E-state index is 0. The molecule has 46 heavy (non-hydrogen) atoms. The van der Waals surface area contributed by atoms with Gasteiger partial charge in [0.2, 0.25) is 0 Å². The Labute approximate surface area is 698 Å². The van der Waals surface area contributed by atoms with Crippen LogP contribution in [0.5, 0.6) is 0 Å². The zero-order chi connectivity index (χ0) is 25.7. The van der Waals surface area contributed by atoms with Crippen LogP contribution in [0.4, 0.5) is 0 Å². The molecule has 0 amide bonds. The summed E-state index contributed by atoms with van der Waals surface area (Å²) in [6.45, 7) is -3.52. The molecule has 28 heteroatoms. The van der Waals surface area contributed by atoms with Crippen LogP contribution in [-0.2, 0) is 18.9 Å². The molecular weight excluding hydrogens is 3200 g/mol. The molecule has 2 aliphatic rings. The third kappa shape index (κ3) is 30.1. The number of aliphatic hydroxyl groups excluding tert-OH is 12. The third-order valence-electron chi connectivity index (χ3n) is 5.74. The summed E-state index contributed by atoms with van der Waals surface area (Å²) in [6.07, 6.45) is -24.7. The fraction of sp³-hybridized carbons (Fsp3) is 1.00. The van der Waals surface area contributed by atoms with Crippen molar-refractivity contribution in [3.05, 3.63) is 0 Å². The molecule has 0 aromatic rings. The SMILES string of the molecule is OCC(O)C(O)C(OC1OC(CO)C(OC2OC(CO)C(O)C(O)C2O)C(O)C1O)C(O)CO.[Ac].[Ac].[Ac].[Ac].[Ac].[Ac].[Ac].[Ac].[Ac].[Ac].[Ac].[Ac]. The Balaban J connectivity index is -0.000000113. The van der Waals surface area contributed by atoms with E-state index in [1.54, 1.807) is 0 Å². The van der Waals surface area contributed by atoms with Gasteiger partial charge in [0.15, 0.2) is 12.6 Å². The van der Waals surface area contributed by atoms with Gasteiger partial charge in [0, 0.05) is 529 Å². The van der Waals surface area contributed by atoms with Gasteiger partial charge in [-0.15, -0.1) is 0 Å². The third-order valence-corrected chi connectivity index (χ3v) is 5.74. The van der Waals surface area contributed by atoms with Crippen LogP contribution in [0.15, 0.2) is 0 Å². The summed E-state index contributed by atoms with van der Waals surface area (Å²) >= 11 is 0. The van der Waals surface area contributed by atoms with Gasteiger partial charge in [-0.1, -0.05) is 0 Å². The van der Waals surface area contributed by atoms with Gasteiger partial charge in [-0.2, -0.15) is 0 Å². The maximum atomic E-state index is 10.6. The molecule has 2 fully saturated rings. The van der Waals surface area contributed by atoms with Crippen LogP contribution in [0.1, 0.15) is 0 Å². The predicted octanol–water partition coefficient (Wildman–Crippen LogP) is -7.94. The predicted molar refractivity (Wildman–Crippen MR) is 103 cm³/mol. The molecule has 2 saturated heterocycles. The van der Waals surface area contributed by atoms with Crippen LogP contribution < -0.4 is 0 Å². The second-order valence-corrected chi connectivity index (χ2v) is 8.10. The summed E-state index contributed by atoms with van der Waals surface area (Å²) in [6, 6.07) is 0. The Morgan fingerprint density at radius 2 is 0.870 bits per heavy atom. The molecule has 0 aliphatic carbocycles. The van der Waals surface area contributed by atoms with Crippen LogP contribution in [0, 0.1) is 529 Å². The zero-order valence-electron chi connectivity index (χ0n) is 24.8. The number of hydrogen-bond acceptors (Lipinski definition) is 16. The van der Waals surface area contributed by atoms with Gasteiger partial charge in [-0.3, -0.25) is 0 Å². The molecule has 2 rings (SSSR count). The van der Waals surface area contributed by atoms with E-state index in [4.69, 9.17) is 24.1 Å². The van der Waals surface area contributed by atoms with Crippen LogP contribution in [0.25, 0.3) is 0 Å². The van der Waals surface area contributed by atoms with E-state index in [9.17, 15) is 56.2 Å². The molecular formula is C18H34Ac12O16. The van der Waals surface area contributed by atoms with Crippen molar-refractivity contribution in [1.29, 1.82) is 0 Å². The van der Waals surface area contributed by atoms with Crippen LogP contribution in [0.2, 0.25) is 0 Å². The molecule has 2 aliphatic heterocycles. The Kier molecular flexibility index (Phi) is 99.1. The van der Waals surface area contributed by atoms with E-state index in [1.807, 2.05) is 0 Å². The van der Waals surface area contributed by atoms with E-state index in [-0.39, 0.29) is 529 Å². The van der Waals surface area contributed by atoms with E-state index in [0.29, 0.717) is 0 Å². The Morgan fingerprint density at radius 1 is 0.478 bits per heavy atom. The van der Waals surface area contributed by atoms with Gasteiger partial charge < -0.3 is 80.2 Å². The van der Waals surface area contributed by atoms with Crippen molar-refractivity contribution in [2.75, 3.05) is 26.4 Å². The number of hydrogen-bond donors (Lipinski definition) is 12. The van der Waals surface area contributed by atoms with Crippen LogP contribution in [-0.4, -0.2) is 174 Å². The van der Waals surface area contributed by atoms with Crippen molar-refractivity contribution < 1.29 is 609 Å². The quantitative estimate of drug-likeness (QED) is 0.0916. The van der Waals surface area contributed by atoms with Gasteiger partial charge in [0.05, 0.1) is 26.4 Å². The molecule has 0 aromatic carbocycles. The first-order chi connectivity index (χ1) is 16.0. The summed E-state index contributed by atoms with van der Waals surface area (Å²) < 4.78 is 21.2. The van der Waals surface area contributed by atoms with Crippen molar-refractivity contribution in [3.8, 4) is 0 Å². The summed E-state index contributed by atoms with van der Waals surface area (Å²) in [7, 11) is 0. The summed E-state index contributed by atoms with van der Waals surface area (Å²) in [5.74, 6) is 0. The van der Waals surface area contributed by atoms with Gasteiger partial charge >= 0.3 is 0 Å². The molecule has 238 valence electrons. The first-order valence-corrected chi connectivity index (χ1v) is 10.5. The van der Waals surface area contributed by atoms with Gasteiger partial charge in [-0.05, 0) is 0 Å². The Bertz CT molecular complexity index is 632. The van der Waals surface area contributed by atoms with Crippen molar-refractivity contribution in [1.82, 2.24) is 0 Å². The Hall–Kier alpha value is 16.7. The molecule has 14 atom stereocenters. The van der Waals surface area contributed by atoms with Crippen molar-refractivity contribution in [2.24, 2.45) is 0 Å². The minimum atomic E-state index is -1.98. The maximum Gasteiger partial charge on any atom is 0.187 e. The Morgan fingerprint density at radius 3 is 1.26 bits per heavy atom. The largest absolute Gasteiger partial charge is 0.394 e. The molecule has 0 spiro atoms. The standard InChI is InChI=1S/C18H34O16.12Ac/c19-1-5(23)9(25)15(6(24)2-20)33-18-14(30)12(28)16(8(4-22)32-18)34-17-13(29)11(27)10(26)7(3-21)31-17;;;;;;;;;;;;/h5-30H,1-4H2;;;;;;;;;;;;. The van der Waals surface area contributed by atoms with Gasteiger partial charge in [0.1, 0.15) is 73.2 Å². The number of aliphatic hydroxyl groups is 12. The molecule has 12 N–H and O–H groups in total. The van der Waals surface area contributed by atoms with E-state index in [1.165, 1.54) is 0 Å². The molecule has 14 unspecified atom stereocenters. The molecule has 16 nitrogen and oxygen atoms in total. The van der Waals surface area contributed by atoms with E-state index < -0.39 is 112 Å². The van der Waals surface area contributed by atoms with E-state index in [2.05, 4.69) is 0 Å². The first-order valence-electron chi connectivity index (χ1n) is 10.5. The first kappa shape index (κ1) is 89.3. The van der Waals surface area contributed by atoms with E-state index >= 15 is 0 Å². The molecule has 0 aromatic heterocycles. The normalized spacial score (nSPS) is 31.6. The summed E-state index contributed by atoms with van der Waals surface area (Å²) in [5.41, 5.74) is 0. The summed E-state index contributed by atoms with van der Waals surface area (Å²) in [5, 5.41) is 118. The van der Waals surface area contributed by atoms with Crippen molar-refractivity contribution >= 4 is 0 Å². The number of ether oxygens (including phenoxy) is 4. The molecule has 12 radical (unpaired) electrons. The minimum Gasteiger partial charge on any atom is -0.394 e. The zero-order valence-corrected chi connectivity index (χ0v) is 81.8. The fourth-order valence-corrected chi connectivity index (χ4v) is 3.65. The maximum absolute atomic E-state index is 10.6. The average Bonchev–Trinajstić information content (AvgIpc) is 2.84. The molecule has 2 heterocycles. The monoisotopic (exact) mass is 3230 g/mol. The smallest absolute Gasteiger partial charge is 0.187 e. The fourth-order valence-electron chi connectivity index (χ4n) is 3.65. The number of rotatable bonds is 11. The van der Waals surface area contributed by atoms with Crippen molar-refractivity contribution in [2.45, 2.75) is 85.8 Å². The average molecular weight is 3230 g/mol. The second kappa shape index (κ2) is 51.1. The van der Waals surface area contributed by atoms with Crippen LogP contribution >= 0.6 is 0 Å². The topological polar surface area (TPSA) is 280 Å². The molecule has 0 saturated carbocycles. The molecule has 0 bridgehead atoms. The van der Waals surface area contributed by atoms with Gasteiger partial charge in [0.25, 0.3) is 0 Å². The van der Waals surface area contributed by atoms with Crippen molar-refractivity contribution in [3.63, 3.8) is 0 Å². The van der Waals surface area contributed by atoms with Gasteiger partial charge in [-0.25, -0.2) is 0 Å². The van der Waals surface area contributed by atoms with Crippen LogP contribution in [0.3, 0.4) is 0 Å². The summed E-state index contributed by atoms with van der Waals surface area (Å²) in [4.78, 5) is 0.